The van der Waals surface area contributed by atoms with Crippen LogP contribution in [-0.2, 0) is 33.3 Å². The fourth-order valence-corrected chi connectivity index (χ4v) is 6.82. The Balaban J connectivity index is 2.57. The summed E-state index contributed by atoms with van der Waals surface area (Å²) < 4.78 is 24.7. The fourth-order valence-electron chi connectivity index (χ4n) is 6.82. The van der Waals surface area contributed by atoms with Gasteiger partial charge in [0.15, 0.2) is 12.4 Å². The third kappa shape index (κ3) is 10.8. The van der Waals surface area contributed by atoms with Crippen LogP contribution in [0.2, 0.25) is 0 Å². The molecule has 0 aliphatic carbocycles. The fraction of sp³-hybridized carbons (Fsp3) is 0.857. The Kier molecular flexibility index (Phi) is 15.5. The molecule has 0 saturated carbocycles. The Bertz CT molecular complexity index is 1080. The van der Waals surface area contributed by atoms with Gasteiger partial charge in [0.25, 0.3) is 0 Å². The van der Waals surface area contributed by atoms with Gasteiger partial charge in [-0.2, -0.15) is 0 Å². The first-order chi connectivity index (χ1) is 21.7. The zero-order valence-electron chi connectivity index (χ0n) is 30.6. The van der Waals surface area contributed by atoms with Crippen molar-refractivity contribution in [2.75, 3.05) is 27.7 Å². The summed E-state index contributed by atoms with van der Waals surface area (Å²) >= 11 is 0. The van der Waals surface area contributed by atoms with E-state index < -0.39 is 72.2 Å². The van der Waals surface area contributed by atoms with Gasteiger partial charge < -0.3 is 48.9 Å². The van der Waals surface area contributed by atoms with Crippen molar-refractivity contribution in [3.63, 3.8) is 0 Å². The van der Waals surface area contributed by atoms with Gasteiger partial charge >= 0.3 is 11.9 Å². The molecule has 1 saturated heterocycles. The van der Waals surface area contributed by atoms with E-state index in [1.54, 1.807) is 20.8 Å². The smallest absolute Gasteiger partial charge is 0.311 e. The summed E-state index contributed by atoms with van der Waals surface area (Å²) in [7, 11) is 5.64. The first-order valence-electron chi connectivity index (χ1n) is 17.1. The minimum absolute atomic E-state index is 0.0432. The molecule has 2 aliphatic rings. The van der Waals surface area contributed by atoms with Gasteiger partial charge in [-0.25, -0.2) is 0 Å². The van der Waals surface area contributed by atoms with Crippen LogP contribution in [0.1, 0.15) is 88.0 Å². The number of rotatable bonds is 8. The van der Waals surface area contributed by atoms with E-state index in [0.29, 0.717) is 13.0 Å². The van der Waals surface area contributed by atoms with Crippen molar-refractivity contribution >= 4 is 17.7 Å². The third-order valence-corrected chi connectivity index (χ3v) is 9.98. The van der Waals surface area contributed by atoms with Gasteiger partial charge in [0, 0.05) is 24.9 Å². The number of cyclic esters (lactones) is 1. The molecule has 0 aromatic carbocycles. The summed E-state index contributed by atoms with van der Waals surface area (Å²) in [5, 5.41) is 34.3. The normalized spacial score (nSPS) is 41.3. The molecule has 2 aliphatic heterocycles. The molecule has 272 valence electrons. The number of aliphatic hydroxyl groups is 3. The minimum Gasteiger partial charge on any atom is -0.459 e. The second-order valence-electron chi connectivity index (χ2n) is 14.5. The predicted octanol–water partition coefficient (Wildman–Crippen LogP) is 2.70. The van der Waals surface area contributed by atoms with E-state index in [1.165, 1.54) is 13.8 Å². The molecular formula is C35H62N2O10. The van der Waals surface area contributed by atoms with Crippen LogP contribution in [0.25, 0.3) is 0 Å². The lowest BCUT2D eigenvalue weighted by Gasteiger charge is -2.45. The first-order valence-corrected chi connectivity index (χ1v) is 17.1. The summed E-state index contributed by atoms with van der Waals surface area (Å²) in [5.41, 5.74) is -0.964. The van der Waals surface area contributed by atoms with Crippen LogP contribution in [0.3, 0.4) is 0 Å². The highest BCUT2D eigenvalue weighted by Crippen LogP contribution is 2.34. The van der Waals surface area contributed by atoms with E-state index in [4.69, 9.17) is 18.9 Å². The van der Waals surface area contributed by atoms with Crippen molar-refractivity contribution in [2.45, 2.75) is 149 Å². The summed E-state index contributed by atoms with van der Waals surface area (Å²) in [5.74, 6) is -3.05. The van der Waals surface area contributed by atoms with Crippen molar-refractivity contribution in [3.8, 4) is 0 Å². The zero-order valence-corrected chi connectivity index (χ0v) is 30.6. The lowest BCUT2D eigenvalue weighted by molar-refractivity contribution is -0.276. The highest BCUT2D eigenvalue weighted by atomic mass is 16.7. The zero-order chi connectivity index (χ0) is 36.0. The standard InChI is InChI=1S/C35H62N2O10/c1-13-27-35(9,43)32(41)25(8)37(12)18-19(2)16-20(3)30(23(6)29(40)24(7)33(42)45-27)47-34-31(46-28(39)15-14-21(4)38)26(36(10)11)17-22(5)44-34/h16,19,22-27,29-32,34,40-41,43H,13-15,17-18H2,1-12H3/b20-16+/t19-,22-,23+,24-,25-,26?,27-,29+,30+,31-,32-,34+,35-/m1/s1. The number of carbonyl (C=O) groups is 3. The Morgan fingerprint density at radius 2 is 1.74 bits per heavy atom. The van der Waals surface area contributed by atoms with Gasteiger partial charge in [-0.05, 0) is 87.0 Å². The van der Waals surface area contributed by atoms with Crippen LogP contribution in [0, 0.1) is 17.8 Å². The van der Waals surface area contributed by atoms with Crippen LogP contribution in [0.15, 0.2) is 11.6 Å². The number of likely N-dealkylation sites (N-methyl/N-ethyl adjacent to an activating group) is 2. The number of Topliss-reactive ketones (excluding diaryl/α,β-unsaturated/α-hetero) is 1. The van der Waals surface area contributed by atoms with Crippen LogP contribution >= 0.6 is 0 Å². The van der Waals surface area contributed by atoms with Crippen LogP contribution < -0.4 is 0 Å². The van der Waals surface area contributed by atoms with E-state index in [9.17, 15) is 29.7 Å². The largest absolute Gasteiger partial charge is 0.459 e. The molecule has 3 N–H and O–H groups in total. The van der Waals surface area contributed by atoms with Gasteiger partial charge in [-0.1, -0.05) is 26.8 Å². The van der Waals surface area contributed by atoms with Gasteiger partial charge in [0.1, 0.15) is 23.6 Å². The van der Waals surface area contributed by atoms with Gasteiger partial charge in [0.2, 0.25) is 0 Å². The van der Waals surface area contributed by atoms with Crippen molar-refractivity contribution in [3.05, 3.63) is 11.6 Å². The Morgan fingerprint density at radius 3 is 2.30 bits per heavy atom. The molecule has 1 fully saturated rings. The average Bonchev–Trinajstić information content (AvgIpc) is 2.99. The van der Waals surface area contributed by atoms with Crippen LogP contribution in [0.4, 0.5) is 0 Å². The Labute approximate surface area is 281 Å². The highest BCUT2D eigenvalue weighted by molar-refractivity contribution is 5.81. The lowest BCUT2D eigenvalue weighted by Crippen LogP contribution is -2.59. The van der Waals surface area contributed by atoms with Gasteiger partial charge in [0.05, 0.1) is 36.7 Å². The first kappa shape index (κ1) is 41.2. The van der Waals surface area contributed by atoms with E-state index in [0.717, 1.165) is 5.57 Å². The average molecular weight is 671 g/mol. The molecule has 1 unspecified atom stereocenters. The molecule has 47 heavy (non-hydrogen) atoms. The number of hydrogen-bond donors (Lipinski definition) is 3. The number of ether oxygens (including phenoxy) is 4. The maximum absolute atomic E-state index is 13.4. The van der Waals surface area contributed by atoms with Crippen molar-refractivity contribution in [2.24, 2.45) is 17.8 Å². The highest BCUT2D eigenvalue weighted by Gasteiger charge is 2.47. The molecule has 2 rings (SSSR count). The number of ketones is 1. The monoisotopic (exact) mass is 670 g/mol. The quantitative estimate of drug-likeness (QED) is 0.257. The van der Waals surface area contributed by atoms with Crippen molar-refractivity contribution in [1.82, 2.24) is 9.80 Å². The van der Waals surface area contributed by atoms with E-state index in [1.807, 2.05) is 64.7 Å². The molecule has 12 nitrogen and oxygen atoms in total. The second-order valence-corrected chi connectivity index (χ2v) is 14.5. The molecule has 0 radical (unpaired) electrons. The molecule has 0 aromatic rings. The molecule has 0 bridgehead atoms. The van der Waals surface area contributed by atoms with Crippen molar-refractivity contribution < 1.29 is 48.7 Å². The summed E-state index contributed by atoms with van der Waals surface area (Å²) in [6, 6.07) is -0.725. The minimum atomic E-state index is -1.75. The number of carbonyl (C=O) groups excluding carboxylic acids is 3. The van der Waals surface area contributed by atoms with Gasteiger partial charge in [-0.15, -0.1) is 0 Å². The molecular weight excluding hydrogens is 608 g/mol. The van der Waals surface area contributed by atoms with E-state index >= 15 is 0 Å². The summed E-state index contributed by atoms with van der Waals surface area (Å²) in [6.07, 6.45) is -3.43. The summed E-state index contributed by atoms with van der Waals surface area (Å²) in [4.78, 5) is 41.8. The summed E-state index contributed by atoms with van der Waals surface area (Å²) in [6.45, 7) is 16.2. The maximum Gasteiger partial charge on any atom is 0.311 e. The SMILES string of the molecule is CC[C@H]1OC(=O)[C@H](C)[C@@H](O)[C@H](C)[C@@H](O[C@@H]2O[C@H](C)CC(N(C)C)[C@H]2OC(=O)CCC(C)=O)/C(C)=C/[C@@H](C)CN(C)[C@H](C)[C@@H](O)[C@]1(C)O. The molecule has 13 atom stereocenters. The number of hydrogen-bond acceptors (Lipinski definition) is 12. The molecule has 0 spiro atoms. The molecule has 12 heteroatoms. The van der Waals surface area contributed by atoms with Crippen LogP contribution in [-0.4, -0.2) is 131 Å². The number of nitrogens with zero attached hydrogens (tertiary/aromatic N) is 2. The number of aliphatic hydroxyl groups excluding tert-OH is 2. The Morgan fingerprint density at radius 1 is 1.13 bits per heavy atom. The van der Waals surface area contributed by atoms with Crippen molar-refractivity contribution in [1.29, 1.82) is 0 Å². The molecule has 0 amide bonds. The van der Waals surface area contributed by atoms with E-state index in [-0.39, 0.29) is 43.1 Å². The molecule has 0 aromatic heterocycles. The van der Waals surface area contributed by atoms with Crippen LogP contribution in [0.5, 0.6) is 0 Å². The second kappa shape index (κ2) is 17.6. The third-order valence-electron chi connectivity index (χ3n) is 9.98. The molecule has 2 heterocycles. The topological polar surface area (TPSA) is 155 Å². The maximum atomic E-state index is 13.4. The van der Waals surface area contributed by atoms with E-state index in [2.05, 4.69) is 0 Å². The lowest BCUT2D eigenvalue weighted by atomic mass is 9.85. The van der Waals surface area contributed by atoms with Gasteiger partial charge in [-0.3, -0.25) is 9.59 Å². The predicted molar refractivity (Wildman–Crippen MR) is 177 cm³/mol. The Hall–Kier alpha value is -1.93. The number of esters is 2.